The number of aromatic nitrogens is 3. The molecule has 27 heavy (non-hydrogen) atoms. The highest BCUT2D eigenvalue weighted by atomic mass is 32.1. The number of rotatable bonds is 3. The number of aromatic amines is 1. The maximum absolute atomic E-state index is 13.0. The monoisotopic (exact) mass is 376 g/mol. The van der Waals surface area contributed by atoms with Crippen molar-refractivity contribution in [1.29, 1.82) is 0 Å². The van der Waals surface area contributed by atoms with E-state index < -0.39 is 0 Å². The predicted molar refractivity (Wildman–Crippen MR) is 111 cm³/mol. The largest absolute Gasteiger partial charge is 0.360 e. The average Bonchev–Trinajstić information content (AvgIpc) is 3.29. The van der Waals surface area contributed by atoms with Crippen LogP contribution < -0.4 is 5.56 Å². The Balaban J connectivity index is 1.59. The summed E-state index contributed by atoms with van der Waals surface area (Å²) in [6.45, 7) is 2.14. The summed E-state index contributed by atoms with van der Waals surface area (Å²) in [6, 6.07) is 6.26. The maximum Gasteiger partial charge on any atom is 0.282 e. The van der Waals surface area contributed by atoms with Crippen molar-refractivity contribution in [2.24, 2.45) is 5.10 Å². The lowest BCUT2D eigenvalue weighted by Gasteiger charge is -2.09. The van der Waals surface area contributed by atoms with Crippen molar-refractivity contribution >= 4 is 38.7 Å². The minimum atomic E-state index is -0.0651. The van der Waals surface area contributed by atoms with E-state index >= 15 is 0 Å². The number of aryl methyl sites for hydroxylation is 3. The molecule has 136 valence electrons. The SMILES string of the molecule is CCc1cccc2c(/C=N\n3cnc4sc5c(c4c3=O)CCCC5)c[nH]c12. The van der Waals surface area contributed by atoms with Gasteiger partial charge < -0.3 is 4.98 Å². The highest BCUT2D eigenvalue weighted by molar-refractivity contribution is 7.18. The number of para-hydroxylation sites is 1. The van der Waals surface area contributed by atoms with Crippen LogP contribution in [0, 0.1) is 0 Å². The molecule has 0 unspecified atom stereocenters. The number of nitrogens with zero attached hydrogens (tertiary/aromatic N) is 3. The minimum absolute atomic E-state index is 0.0651. The van der Waals surface area contributed by atoms with Crippen LogP contribution >= 0.6 is 11.3 Å². The Morgan fingerprint density at radius 1 is 1.33 bits per heavy atom. The Labute approximate surface area is 160 Å². The number of H-pyrrole nitrogens is 1. The van der Waals surface area contributed by atoms with E-state index in [1.807, 2.05) is 6.20 Å². The van der Waals surface area contributed by atoms with Crippen LogP contribution in [0.15, 0.2) is 40.6 Å². The molecule has 0 bridgehead atoms. The van der Waals surface area contributed by atoms with Crippen molar-refractivity contribution in [2.45, 2.75) is 39.0 Å². The van der Waals surface area contributed by atoms with Gasteiger partial charge in [0.05, 0.1) is 11.6 Å². The molecule has 6 heteroatoms. The molecule has 3 heterocycles. The normalized spacial score (nSPS) is 14.4. The molecule has 5 nitrogen and oxygen atoms in total. The lowest BCUT2D eigenvalue weighted by atomic mass is 9.97. The van der Waals surface area contributed by atoms with Crippen LogP contribution in [0.4, 0.5) is 0 Å². The molecule has 4 aromatic rings. The molecule has 1 N–H and O–H groups in total. The summed E-state index contributed by atoms with van der Waals surface area (Å²) < 4.78 is 1.37. The van der Waals surface area contributed by atoms with Crippen molar-refractivity contribution in [1.82, 2.24) is 14.6 Å². The van der Waals surface area contributed by atoms with Gasteiger partial charge in [-0.3, -0.25) is 4.79 Å². The molecule has 0 atom stereocenters. The number of benzene rings is 1. The summed E-state index contributed by atoms with van der Waals surface area (Å²) >= 11 is 1.66. The molecule has 1 aliphatic carbocycles. The molecule has 1 aromatic carbocycles. The molecule has 0 radical (unpaired) electrons. The van der Waals surface area contributed by atoms with Gasteiger partial charge in [-0.05, 0) is 43.2 Å². The Morgan fingerprint density at radius 3 is 3.11 bits per heavy atom. The van der Waals surface area contributed by atoms with E-state index in [9.17, 15) is 4.79 Å². The fraction of sp³-hybridized carbons (Fsp3) is 0.286. The lowest BCUT2D eigenvalue weighted by Crippen LogP contribution is -2.18. The van der Waals surface area contributed by atoms with E-state index in [1.54, 1.807) is 17.6 Å². The van der Waals surface area contributed by atoms with Crippen molar-refractivity contribution in [2.75, 3.05) is 0 Å². The van der Waals surface area contributed by atoms with Gasteiger partial charge in [0.15, 0.2) is 0 Å². The van der Waals surface area contributed by atoms with Gasteiger partial charge in [0, 0.05) is 27.5 Å². The zero-order valence-corrected chi connectivity index (χ0v) is 16.0. The number of thiophene rings is 1. The molecular weight excluding hydrogens is 356 g/mol. The van der Waals surface area contributed by atoms with Gasteiger partial charge in [0.1, 0.15) is 11.2 Å². The third-order valence-corrected chi connectivity index (χ3v) is 6.59. The number of nitrogens with one attached hydrogen (secondary N) is 1. The molecule has 0 saturated heterocycles. The first-order valence-corrected chi connectivity index (χ1v) is 10.2. The summed E-state index contributed by atoms with van der Waals surface area (Å²) in [4.78, 5) is 23.0. The molecule has 0 saturated carbocycles. The lowest BCUT2D eigenvalue weighted by molar-refractivity contribution is 0.699. The standard InChI is InChI=1S/C21H20N4OS/c1-2-13-6-5-8-15-14(10-22-19(13)15)11-24-25-12-23-20-18(21(25)26)16-7-3-4-9-17(16)27-20/h5-6,8,10-12,22H,2-4,7,9H2,1H3/b24-11-. The van der Waals surface area contributed by atoms with Crippen LogP contribution in [0.25, 0.3) is 21.1 Å². The second-order valence-electron chi connectivity index (χ2n) is 6.97. The van der Waals surface area contributed by atoms with Crippen LogP contribution in [0.5, 0.6) is 0 Å². The Hall–Kier alpha value is -2.73. The van der Waals surface area contributed by atoms with Crippen LogP contribution in [-0.2, 0) is 19.3 Å². The fourth-order valence-corrected chi connectivity index (χ4v) is 5.20. The van der Waals surface area contributed by atoms with Gasteiger partial charge in [-0.2, -0.15) is 9.78 Å². The molecule has 5 rings (SSSR count). The molecule has 0 fully saturated rings. The van der Waals surface area contributed by atoms with Crippen LogP contribution in [0.3, 0.4) is 0 Å². The number of fused-ring (bicyclic) bond motifs is 4. The van der Waals surface area contributed by atoms with E-state index in [4.69, 9.17) is 0 Å². The molecule has 0 aliphatic heterocycles. The van der Waals surface area contributed by atoms with Gasteiger partial charge >= 0.3 is 0 Å². The van der Waals surface area contributed by atoms with Gasteiger partial charge in [-0.1, -0.05) is 25.1 Å². The first kappa shape index (κ1) is 16.4. The Bertz CT molecular complexity index is 1240. The fourth-order valence-electron chi connectivity index (χ4n) is 3.98. The summed E-state index contributed by atoms with van der Waals surface area (Å²) in [5.74, 6) is 0. The maximum atomic E-state index is 13.0. The zero-order chi connectivity index (χ0) is 18.4. The highest BCUT2D eigenvalue weighted by Crippen LogP contribution is 2.33. The van der Waals surface area contributed by atoms with E-state index in [0.29, 0.717) is 0 Å². The first-order chi connectivity index (χ1) is 13.3. The first-order valence-electron chi connectivity index (χ1n) is 9.41. The van der Waals surface area contributed by atoms with E-state index in [2.05, 4.69) is 40.2 Å². The molecule has 1 aliphatic rings. The number of hydrogen-bond donors (Lipinski definition) is 1. The molecule has 0 spiro atoms. The van der Waals surface area contributed by atoms with Crippen molar-refractivity contribution < 1.29 is 0 Å². The summed E-state index contributed by atoms with van der Waals surface area (Å²) in [5, 5.41) is 6.32. The Kier molecular flexibility index (Phi) is 3.93. The third kappa shape index (κ3) is 2.63. The average molecular weight is 376 g/mol. The Morgan fingerprint density at radius 2 is 2.22 bits per heavy atom. The van der Waals surface area contributed by atoms with E-state index in [0.717, 1.165) is 52.4 Å². The van der Waals surface area contributed by atoms with Crippen LogP contribution in [0.1, 0.15) is 41.3 Å². The topological polar surface area (TPSA) is 63.0 Å². The van der Waals surface area contributed by atoms with Gasteiger partial charge in [-0.25, -0.2) is 4.98 Å². The van der Waals surface area contributed by atoms with Gasteiger partial charge in [0.2, 0.25) is 0 Å². The van der Waals surface area contributed by atoms with Gasteiger partial charge in [0.25, 0.3) is 5.56 Å². The highest BCUT2D eigenvalue weighted by Gasteiger charge is 2.19. The second-order valence-corrected chi connectivity index (χ2v) is 8.05. The van der Waals surface area contributed by atoms with Crippen LogP contribution in [0.2, 0.25) is 0 Å². The molecular formula is C21H20N4OS. The minimum Gasteiger partial charge on any atom is -0.360 e. The smallest absolute Gasteiger partial charge is 0.282 e. The van der Waals surface area contributed by atoms with Crippen LogP contribution in [-0.4, -0.2) is 20.9 Å². The van der Waals surface area contributed by atoms with E-state index in [-0.39, 0.29) is 5.56 Å². The van der Waals surface area contributed by atoms with Crippen molar-refractivity contribution in [3.63, 3.8) is 0 Å². The number of hydrogen-bond acceptors (Lipinski definition) is 4. The second kappa shape index (κ2) is 6.46. The summed E-state index contributed by atoms with van der Waals surface area (Å²) in [6.07, 6.45) is 10.6. The third-order valence-electron chi connectivity index (χ3n) is 5.39. The van der Waals surface area contributed by atoms with Crippen molar-refractivity contribution in [3.8, 4) is 0 Å². The molecule has 0 amide bonds. The van der Waals surface area contributed by atoms with Gasteiger partial charge in [-0.15, -0.1) is 11.3 Å². The van der Waals surface area contributed by atoms with Crippen molar-refractivity contribution in [3.05, 3.63) is 62.6 Å². The predicted octanol–water partition coefficient (Wildman–Crippen LogP) is 4.26. The summed E-state index contributed by atoms with van der Waals surface area (Å²) in [7, 11) is 0. The molecule has 3 aromatic heterocycles. The quantitative estimate of drug-likeness (QED) is 0.543. The zero-order valence-electron chi connectivity index (χ0n) is 15.2. The summed E-state index contributed by atoms with van der Waals surface area (Å²) in [5.41, 5.74) is 4.51. The van der Waals surface area contributed by atoms with E-state index in [1.165, 1.54) is 33.4 Å².